The number of nitrogens with zero attached hydrogens (tertiary/aromatic N) is 3. The lowest BCUT2D eigenvalue weighted by Crippen LogP contribution is -2.32. The second kappa shape index (κ2) is 8.38. The predicted molar refractivity (Wildman–Crippen MR) is 93.4 cm³/mol. The molecule has 1 fully saturated rings. The molecule has 0 bridgehead atoms. The van der Waals surface area contributed by atoms with E-state index in [0.717, 1.165) is 18.7 Å². The van der Waals surface area contributed by atoms with Crippen molar-refractivity contribution in [3.63, 3.8) is 0 Å². The van der Waals surface area contributed by atoms with E-state index in [9.17, 15) is 0 Å². The zero-order valence-electron chi connectivity index (χ0n) is 14.7. The van der Waals surface area contributed by atoms with Gasteiger partial charge >= 0.3 is 0 Å². The van der Waals surface area contributed by atoms with E-state index in [4.69, 9.17) is 4.52 Å². The molecule has 0 unspecified atom stereocenters. The second-order valence-electron chi connectivity index (χ2n) is 6.85. The van der Waals surface area contributed by atoms with Crippen LogP contribution in [0.5, 0.6) is 0 Å². The highest BCUT2D eigenvalue weighted by molar-refractivity contribution is 5.16. The normalized spacial score (nSPS) is 18.4. The molecule has 2 aromatic rings. The van der Waals surface area contributed by atoms with Gasteiger partial charge in [-0.25, -0.2) is 0 Å². The molecule has 2 heterocycles. The van der Waals surface area contributed by atoms with Crippen LogP contribution in [0.15, 0.2) is 29.0 Å². The van der Waals surface area contributed by atoms with Crippen molar-refractivity contribution in [3.8, 4) is 0 Å². The molecule has 2 aromatic heterocycles. The highest BCUT2D eigenvalue weighted by atomic mass is 16.5. The molecule has 2 atom stereocenters. The Bertz CT molecular complexity index is 607. The number of hydrogen-bond acceptors (Lipinski definition) is 5. The van der Waals surface area contributed by atoms with E-state index < -0.39 is 0 Å². The van der Waals surface area contributed by atoms with Crippen molar-refractivity contribution < 1.29 is 4.52 Å². The maximum Gasteiger partial charge on any atom is 0.243 e. The predicted octanol–water partition coefficient (Wildman–Crippen LogP) is 4.39. The molecule has 24 heavy (non-hydrogen) atoms. The third kappa shape index (κ3) is 4.20. The van der Waals surface area contributed by atoms with Crippen LogP contribution in [-0.4, -0.2) is 15.1 Å². The van der Waals surface area contributed by atoms with Crippen molar-refractivity contribution in [3.05, 3.63) is 41.8 Å². The third-order valence-electron chi connectivity index (χ3n) is 4.92. The number of pyridine rings is 1. The largest absolute Gasteiger partial charge is 0.338 e. The highest BCUT2D eigenvalue weighted by Crippen LogP contribution is 2.35. The minimum absolute atomic E-state index is 0.0373. The molecule has 1 aliphatic rings. The number of rotatable bonds is 7. The quantitative estimate of drug-likeness (QED) is 0.816. The zero-order valence-corrected chi connectivity index (χ0v) is 14.7. The summed E-state index contributed by atoms with van der Waals surface area (Å²) in [5, 5.41) is 7.82. The number of nitrogens with one attached hydrogen (secondary N) is 1. The molecule has 5 heteroatoms. The molecule has 0 amide bonds. The van der Waals surface area contributed by atoms with Crippen molar-refractivity contribution in [2.45, 2.75) is 70.9 Å². The van der Waals surface area contributed by atoms with E-state index in [1.807, 2.05) is 18.5 Å². The van der Waals surface area contributed by atoms with E-state index >= 15 is 0 Å². The van der Waals surface area contributed by atoms with Crippen LogP contribution in [0.4, 0.5) is 0 Å². The zero-order chi connectivity index (χ0) is 16.8. The smallest absolute Gasteiger partial charge is 0.243 e. The lowest BCUT2D eigenvalue weighted by atomic mass is 9.81. The van der Waals surface area contributed by atoms with Crippen molar-refractivity contribution in [2.75, 3.05) is 0 Å². The van der Waals surface area contributed by atoms with Gasteiger partial charge in [0.15, 0.2) is 5.82 Å². The molecule has 0 aromatic carbocycles. The molecular weight excluding hydrogens is 300 g/mol. The molecule has 1 N–H and O–H groups in total. The van der Waals surface area contributed by atoms with E-state index in [2.05, 4.69) is 40.4 Å². The first-order valence-corrected chi connectivity index (χ1v) is 9.26. The Labute approximate surface area is 144 Å². The van der Waals surface area contributed by atoms with Crippen LogP contribution in [0.2, 0.25) is 0 Å². The Morgan fingerprint density at radius 1 is 1.29 bits per heavy atom. The van der Waals surface area contributed by atoms with E-state index in [0.29, 0.717) is 11.8 Å². The molecule has 1 aliphatic carbocycles. The lowest BCUT2D eigenvalue weighted by molar-refractivity contribution is 0.239. The summed E-state index contributed by atoms with van der Waals surface area (Å²) in [5.41, 5.74) is 1.25. The van der Waals surface area contributed by atoms with Crippen LogP contribution in [0, 0.1) is 5.92 Å². The van der Waals surface area contributed by atoms with Gasteiger partial charge in [0, 0.05) is 24.9 Å². The van der Waals surface area contributed by atoms with Gasteiger partial charge in [-0.2, -0.15) is 4.98 Å². The topological polar surface area (TPSA) is 63.8 Å². The van der Waals surface area contributed by atoms with Crippen LogP contribution < -0.4 is 5.32 Å². The monoisotopic (exact) mass is 328 g/mol. The van der Waals surface area contributed by atoms with Gasteiger partial charge in [0.1, 0.15) is 0 Å². The van der Waals surface area contributed by atoms with E-state index in [-0.39, 0.29) is 12.1 Å². The van der Waals surface area contributed by atoms with Crippen LogP contribution >= 0.6 is 0 Å². The average Bonchev–Trinajstić information content (AvgIpc) is 3.10. The molecular formula is C19H28N4O. The van der Waals surface area contributed by atoms with Crippen LogP contribution in [0.25, 0.3) is 0 Å². The van der Waals surface area contributed by atoms with Crippen LogP contribution in [0.3, 0.4) is 0 Å². The Morgan fingerprint density at radius 3 is 2.83 bits per heavy atom. The summed E-state index contributed by atoms with van der Waals surface area (Å²) >= 11 is 0. The molecule has 0 radical (unpaired) electrons. The van der Waals surface area contributed by atoms with Crippen LogP contribution in [0.1, 0.15) is 81.7 Å². The van der Waals surface area contributed by atoms with Gasteiger partial charge in [-0.15, -0.1) is 0 Å². The Balaban J connectivity index is 1.74. The Morgan fingerprint density at radius 2 is 2.12 bits per heavy atom. The van der Waals surface area contributed by atoms with Gasteiger partial charge in [0.25, 0.3) is 0 Å². The van der Waals surface area contributed by atoms with Gasteiger partial charge in [0.2, 0.25) is 5.89 Å². The maximum absolute atomic E-state index is 5.46. The van der Waals surface area contributed by atoms with E-state index in [1.54, 1.807) is 0 Å². The fourth-order valence-electron chi connectivity index (χ4n) is 3.64. The summed E-state index contributed by atoms with van der Waals surface area (Å²) in [4.78, 5) is 8.85. The van der Waals surface area contributed by atoms with Gasteiger partial charge in [-0.3, -0.25) is 10.3 Å². The van der Waals surface area contributed by atoms with Gasteiger partial charge in [-0.05, 0) is 43.7 Å². The molecule has 5 nitrogen and oxygen atoms in total. The fraction of sp³-hybridized carbons (Fsp3) is 0.632. The minimum atomic E-state index is 0.0373. The van der Waals surface area contributed by atoms with Gasteiger partial charge < -0.3 is 4.52 Å². The van der Waals surface area contributed by atoms with Crippen LogP contribution in [-0.2, 0) is 6.42 Å². The molecule has 130 valence electrons. The maximum atomic E-state index is 5.46. The Hall–Kier alpha value is -1.75. The molecule has 0 aliphatic heterocycles. The Kier molecular flexibility index (Phi) is 5.96. The molecule has 0 saturated heterocycles. The van der Waals surface area contributed by atoms with Gasteiger partial charge in [0.05, 0.1) is 6.04 Å². The lowest BCUT2D eigenvalue weighted by Gasteiger charge is -2.32. The summed E-state index contributed by atoms with van der Waals surface area (Å²) < 4.78 is 5.46. The summed E-state index contributed by atoms with van der Waals surface area (Å²) in [6.45, 7) is 4.23. The van der Waals surface area contributed by atoms with Crippen molar-refractivity contribution in [1.82, 2.24) is 20.4 Å². The summed E-state index contributed by atoms with van der Waals surface area (Å²) in [5.74, 6) is 2.13. The summed E-state index contributed by atoms with van der Waals surface area (Å²) in [6.07, 6.45) is 12.2. The molecule has 1 saturated carbocycles. The van der Waals surface area contributed by atoms with E-state index in [1.165, 1.54) is 37.7 Å². The minimum Gasteiger partial charge on any atom is -0.338 e. The second-order valence-corrected chi connectivity index (χ2v) is 6.85. The average molecular weight is 328 g/mol. The SMILES string of the molecule is CCCc1noc([C@H](C)N[C@@H](c2cccnc2)C2CCCCC2)n1. The molecule has 3 rings (SSSR count). The third-order valence-corrected chi connectivity index (χ3v) is 4.92. The standard InChI is InChI=1S/C19H28N4O/c1-3-8-17-22-19(24-23-17)14(2)21-18(15-9-5-4-6-10-15)16-11-7-12-20-13-16/h7,11-15,18,21H,3-6,8-10H2,1-2H3/t14-,18+/m0/s1. The van der Waals surface area contributed by atoms with Gasteiger partial charge in [-0.1, -0.05) is 37.4 Å². The summed E-state index contributed by atoms with van der Waals surface area (Å²) in [6, 6.07) is 4.51. The number of aryl methyl sites for hydroxylation is 1. The summed E-state index contributed by atoms with van der Waals surface area (Å²) in [7, 11) is 0. The first kappa shape index (κ1) is 17.1. The first-order chi connectivity index (χ1) is 11.8. The van der Waals surface area contributed by atoms with Crippen molar-refractivity contribution >= 4 is 0 Å². The first-order valence-electron chi connectivity index (χ1n) is 9.26. The number of hydrogen-bond donors (Lipinski definition) is 1. The highest BCUT2D eigenvalue weighted by Gasteiger charge is 2.28. The van der Waals surface area contributed by atoms with Crippen molar-refractivity contribution in [2.24, 2.45) is 5.92 Å². The molecule has 0 spiro atoms. The fourth-order valence-corrected chi connectivity index (χ4v) is 3.64. The number of aromatic nitrogens is 3. The van der Waals surface area contributed by atoms with Crippen molar-refractivity contribution in [1.29, 1.82) is 0 Å².